The van der Waals surface area contributed by atoms with Crippen LogP contribution in [0, 0.1) is 0 Å². The molecule has 3 aromatic rings. The van der Waals surface area contributed by atoms with E-state index in [0.29, 0.717) is 17.3 Å². The second-order valence-electron chi connectivity index (χ2n) is 7.59. The zero-order chi connectivity index (χ0) is 21.5. The van der Waals surface area contributed by atoms with Gasteiger partial charge in [-0.25, -0.2) is 9.89 Å². The summed E-state index contributed by atoms with van der Waals surface area (Å²) >= 11 is 0. The van der Waals surface area contributed by atoms with Crippen molar-refractivity contribution in [3.8, 4) is 17.1 Å². The number of nitrogens with two attached hydrogens (primary N) is 1. The zero-order valence-corrected chi connectivity index (χ0v) is 17.4. The van der Waals surface area contributed by atoms with E-state index in [0.717, 1.165) is 44.1 Å². The molecule has 0 radical (unpaired) electrons. The lowest BCUT2D eigenvalue weighted by Crippen LogP contribution is -2.35. The van der Waals surface area contributed by atoms with E-state index in [1.807, 2.05) is 30.3 Å². The van der Waals surface area contributed by atoms with Gasteiger partial charge in [0.05, 0.1) is 18.8 Å². The van der Waals surface area contributed by atoms with Gasteiger partial charge in [0.25, 0.3) is 0 Å². The Bertz CT molecular complexity index is 1010. The summed E-state index contributed by atoms with van der Waals surface area (Å²) in [6.45, 7) is 8.84. The standard InChI is InChI=1S/C11H13N3O2.C11H16N2O/c1-6(2)7-3-4-9(15)8(5-7)10-12-11(16)14-13-10;12-11-3-1-2-10(8-11)9-13-4-6-14-7-5-13/h3-6,15H,1-2H3,(H2,12,13,14,16);1-3,8H,4-7,9,12H2. The van der Waals surface area contributed by atoms with E-state index in [4.69, 9.17) is 10.5 Å². The molecule has 1 aromatic heterocycles. The number of hydrogen-bond acceptors (Lipinski definition) is 6. The fraction of sp³-hybridized carbons (Fsp3) is 0.364. The van der Waals surface area contributed by atoms with Gasteiger partial charge in [0.1, 0.15) is 5.75 Å². The van der Waals surface area contributed by atoms with E-state index in [-0.39, 0.29) is 11.4 Å². The molecule has 0 unspecified atom stereocenters. The van der Waals surface area contributed by atoms with Gasteiger partial charge in [-0.1, -0.05) is 32.0 Å². The number of phenols is 1. The van der Waals surface area contributed by atoms with Crippen LogP contribution in [-0.2, 0) is 11.3 Å². The number of aromatic nitrogens is 3. The van der Waals surface area contributed by atoms with Gasteiger partial charge < -0.3 is 15.6 Å². The number of nitrogen functional groups attached to an aromatic ring is 1. The van der Waals surface area contributed by atoms with Crippen molar-refractivity contribution in [1.29, 1.82) is 0 Å². The highest BCUT2D eigenvalue weighted by molar-refractivity contribution is 5.64. The number of H-pyrrole nitrogens is 2. The van der Waals surface area contributed by atoms with Gasteiger partial charge in [0.2, 0.25) is 0 Å². The third kappa shape index (κ3) is 5.95. The summed E-state index contributed by atoms with van der Waals surface area (Å²) in [5, 5.41) is 15.8. The molecular weight excluding hydrogens is 382 g/mol. The lowest BCUT2D eigenvalue weighted by molar-refractivity contribution is 0.0342. The van der Waals surface area contributed by atoms with E-state index in [2.05, 4.69) is 40.0 Å². The van der Waals surface area contributed by atoms with Crippen molar-refractivity contribution in [3.63, 3.8) is 0 Å². The van der Waals surface area contributed by atoms with Crippen LogP contribution in [0.2, 0.25) is 0 Å². The Morgan fingerprint density at radius 2 is 1.97 bits per heavy atom. The number of aromatic hydroxyl groups is 1. The van der Waals surface area contributed by atoms with Crippen LogP contribution in [-0.4, -0.2) is 51.5 Å². The van der Waals surface area contributed by atoms with Gasteiger partial charge in [-0.2, -0.15) is 5.10 Å². The molecular formula is C22H29N5O3. The van der Waals surface area contributed by atoms with Crippen LogP contribution in [0.25, 0.3) is 11.4 Å². The monoisotopic (exact) mass is 411 g/mol. The van der Waals surface area contributed by atoms with Gasteiger partial charge in [0, 0.05) is 25.3 Å². The highest BCUT2D eigenvalue weighted by Gasteiger charge is 2.11. The summed E-state index contributed by atoms with van der Waals surface area (Å²) in [6.07, 6.45) is 0. The SMILES string of the molecule is CC(C)c1ccc(O)c(-c2n[nH]c(=O)[nH]2)c1.Nc1cccc(CN2CCOCC2)c1. The van der Waals surface area contributed by atoms with Crippen molar-refractivity contribution >= 4 is 5.69 Å². The molecule has 4 rings (SSSR count). The molecule has 0 atom stereocenters. The maximum absolute atomic E-state index is 10.9. The van der Waals surface area contributed by atoms with E-state index < -0.39 is 0 Å². The van der Waals surface area contributed by atoms with Crippen molar-refractivity contribution in [2.75, 3.05) is 32.0 Å². The number of benzene rings is 2. The number of morpholine rings is 1. The van der Waals surface area contributed by atoms with E-state index >= 15 is 0 Å². The molecule has 0 bridgehead atoms. The van der Waals surface area contributed by atoms with Crippen LogP contribution in [0.1, 0.15) is 30.9 Å². The summed E-state index contributed by atoms with van der Waals surface area (Å²) in [7, 11) is 0. The molecule has 30 heavy (non-hydrogen) atoms. The topological polar surface area (TPSA) is 120 Å². The number of nitrogens with one attached hydrogen (secondary N) is 2. The number of hydrogen-bond donors (Lipinski definition) is 4. The maximum atomic E-state index is 10.9. The molecule has 2 heterocycles. The van der Waals surface area contributed by atoms with Crippen molar-refractivity contribution in [3.05, 3.63) is 64.1 Å². The van der Waals surface area contributed by atoms with E-state index in [9.17, 15) is 9.90 Å². The van der Waals surface area contributed by atoms with Crippen LogP contribution in [0.15, 0.2) is 47.3 Å². The second-order valence-corrected chi connectivity index (χ2v) is 7.59. The lowest BCUT2D eigenvalue weighted by atomic mass is 10.00. The Kier molecular flexibility index (Phi) is 7.26. The second kappa shape index (κ2) is 10.1. The molecule has 0 aliphatic carbocycles. The van der Waals surface area contributed by atoms with Crippen molar-refractivity contribution in [2.24, 2.45) is 0 Å². The summed E-state index contributed by atoms with van der Waals surface area (Å²) < 4.78 is 5.29. The first-order valence-electron chi connectivity index (χ1n) is 10.0. The number of rotatable bonds is 4. The average molecular weight is 412 g/mol. The fourth-order valence-corrected chi connectivity index (χ4v) is 3.21. The predicted molar refractivity (Wildman–Crippen MR) is 117 cm³/mol. The minimum atomic E-state index is -0.385. The largest absolute Gasteiger partial charge is 0.507 e. The molecule has 1 saturated heterocycles. The van der Waals surface area contributed by atoms with Crippen molar-refractivity contribution < 1.29 is 9.84 Å². The highest BCUT2D eigenvalue weighted by atomic mass is 16.5. The zero-order valence-electron chi connectivity index (χ0n) is 17.4. The van der Waals surface area contributed by atoms with Crippen LogP contribution in [0.5, 0.6) is 5.75 Å². The van der Waals surface area contributed by atoms with E-state index in [1.54, 1.807) is 6.07 Å². The molecule has 1 fully saturated rings. The Hall–Kier alpha value is -3.10. The van der Waals surface area contributed by atoms with Crippen LogP contribution in [0.4, 0.5) is 5.69 Å². The number of phenolic OH excluding ortho intramolecular Hbond substituents is 1. The molecule has 160 valence electrons. The molecule has 0 saturated carbocycles. The quantitative estimate of drug-likeness (QED) is 0.490. The third-order valence-electron chi connectivity index (χ3n) is 4.90. The molecule has 0 spiro atoms. The highest BCUT2D eigenvalue weighted by Crippen LogP contribution is 2.29. The first-order chi connectivity index (χ1) is 14.4. The summed E-state index contributed by atoms with van der Waals surface area (Å²) in [6, 6.07) is 13.4. The van der Waals surface area contributed by atoms with Gasteiger partial charge in [-0.3, -0.25) is 9.88 Å². The summed E-state index contributed by atoms with van der Waals surface area (Å²) in [5.74, 6) is 0.808. The normalized spacial score (nSPS) is 14.4. The molecule has 8 nitrogen and oxygen atoms in total. The van der Waals surface area contributed by atoms with Gasteiger partial charge in [0.15, 0.2) is 5.82 Å². The van der Waals surface area contributed by atoms with Gasteiger partial charge in [-0.05, 0) is 41.3 Å². The minimum Gasteiger partial charge on any atom is -0.507 e. The minimum absolute atomic E-state index is 0.104. The van der Waals surface area contributed by atoms with Gasteiger partial charge in [-0.15, -0.1) is 0 Å². The molecule has 2 aromatic carbocycles. The smallest absolute Gasteiger partial charge is 0.340 e. The van der Waals surface area contributed by atoms with Gasteiger partial charge >= 0.3 is 5.69 Å². The Balaban J connectivity index is 0.000000172. The lowest BCUT2D eigenvalue weighted by Gasteiger charge is -2.26. The molecule has 8 heteroatoms. The molecule has 1 aliphatic rings. The van der Waals surface area contributed by atoms with Crippen molar-refractivity contribution in [2.45, 2.75) is 26.3 Å². The summed E-state index contributed by atoms with van der Waals surface area (Å²) in [4.78, 5) is 15.8. The molecule has 0 amide bonds. The number of aromatic amines is 2. The number of anilines is 1. The average Bonchev–Trinajstić information content (AvgIpc) is 3.15. The van der Waals surface area contributed by atoms with Crippen LogP contribution in [0.3, 0.4) is 0 Å². The molecule has 5 N–H and O–H groups in total. The first-order valence-corrected chi connectivity index (χ1v) is 10.0. The Labute approximate surface area is 175 Å². The third-order valence-corrected chi connectivity index (χ3v) is 4.90. The Morgan fingerprint density at radius 1 is 1.20 bits per heavy atom. The maximum Gasteiger partial charge on any atom is 0.340 e. The fourth-order valence-electron chi connectivity index (χ4n) is 3.21. The van der Waals surface area contributed by atoms with E-state index in [1.165, 1.54) is 5.56 Å². The number of nitrogens with zero attached hydrogens (tertiary/aromatic N) is 2. The summed E-state index contributed by atoms with van der Waals surface area (Å²) in [5.41, 5.74) is 9.08. The first kappa shape index (κ1) is 21.6. The number of ether oxygens (including phenoxy) is 1. The van der Waals surface area contributed by atoms with Crippen LogP contribution >= 0.6 is 0 Å². The van der Waals surface area contributed by atoms with Crippen LogP contribution < -0.4 is 11.4 Å². The van der Waals surface area contributed by atoms with Crippen molar-refractivity contribution in [1.82, 2.24) is 20.1 Å². The predicted octanol–water partition coefficient (Wildman–Crippen LogP) is 2.70. The molecule has 1 aliphatic heterocycles. The Morgan fingerprint density at radius 3 is 2.60 bits per heavy atom.